The van der Waals surface area contributed by atoms with Gasteiger partial charge < -0.3 is 14.6 Å². The molecule has 0 amide bonds. The van der Waals surface area contributed by atoms with E-state index in [1.807, 2.05) is 27.7 Å². The van der Waals surface area contributed by atoms with Crippen LogP contribution >= 0.6 is 0 Å². The Bertz CT molecular complexity index is 700. The zero-order valence-electron chi connectivity index (χ0n) is 15.0. The SMILES string of the molecule is Cc1cccc(CNc2ncc(B3OC(C)(C)C(C)(C)O3)cn2)c1. The number of hydrogen-bond donors (Lipinski definition) is 1. The summed E-state index contributed by atoms with van der Waals surface area (Å²) in [4.78, 5) is 8.75. The van der Waals surface area contributed by atoms with Gasteiger partial charge in [-0.2, -0.15) is 0 Å². The minimum atomic E-state index is -0.430. The summed E-state index contributed by atoms with van der Waals surface area (Å²) < 4.78 is 12.0. The van der Waals surface area contributed by atoms with Crippen molar-refractivity contribution < 1.29 is 9.31 Å². The fourth-order valence-electron chi connectivity index (χ4n) is 2.53. The van der Waals surface area contributed by atoms with Crippen molar-refractivity contribution in [3.63, 3.8) is 0 Å². The predicted octanol–water partition coefficient (Wildman–Crippen LogP) is 2.70. The first-order chi connectivity index (χ1) is 11.3. The Balaban J connectivity index is 1.64. The Hall–Kier alpha value is -1.92. The van der Waals surface area contributed by atoms with Gasteiger partial charge in [-0.05, 0) is 40.2 Å². The monoisotopic (exact) mass is 325 g/mol. The van der Waals surface area contributed by atoms with Gasteiger partial charge in [-0.3, -0.25) is 0 Å². The zero-order valence-corrected chi connectivity index (χ0v) is 15.0. The molecular weight excluding hydrogens is 301 g/mol. The molecule has 126 valence electrons. The second-order valence-electron chi connectivity index (χ2n) is 7.27. The topological polar surface area (TPSA) is 56.3 Å². The quantitative estimate of drug-likeness (QED) is 0.876. The molecule has 0 spiro atoms. The van der Waals surface area contributed by atoms with Crippen molar-refractivity contribution in [3.8, 4) is 0 Å². The highest BCUT2D eigenvalue weighted by Crippen LogP contribution is 2.36. The van der Waals surface area contributed by atoms with Gasteiger partial charge in [0.2, 0.25) is 5.95 Å². The van der Waals surface area contributed by atoms with Crippen LogP contribution in [0.4, 0.5) is 5.95 Å². The molecule has 3 rings (SSSR count). The van der Waals surface area contributed by atoms with Crippen molar-refractivity contribution in [2.24, 2.45) is 0 Å². The molecule has 24 heavy (non-hydrogen) atoms. The third-order valence-corrected chi connectivity index (χ3v) is 4.73. The predicted molar refractivity (Wildman–Crippen MR) is 96.3 cm³/mol. The molecule has 1 saturated heterocycles. The van der Waals surface area contributed by atoms with Crippen molar-refractivity contribution in [1.82, 2.24) is 9.97 Å². The number of rotatable bonds is 4. The summed E-state index contributed by atoms with van der Waals surface area (Å²) in [6, 6.07) is 8.36. The molecule has 6 heteroatoms. The summed E-state index contributed by atoms with van der Waals surface area (Å²) in [5.74, 6) is 0.594. The van der Waals surface area contributed by atoms with Gasteiger partial charge in [0, 0.05) is 24.4 Å². The van der Waals surface area contributed by atoms with Crippen LogP contribution in [0.1, 0.15) is 38.8 Å². The molecule has 0 radical (unpaired) electrons. The molecule has 1 aromatic heterocycles. The van der Waals surface area contributed by atoms with Gasteiger partial charge in [-0.1, -0.05) is 29.8 Å². The molecule has 2 heterocycles. The molecule has 2 aromatic rings. The Kier molecular flexibility index (Phi) is 4.36. The summed E-state index contributed by atoms with van der Waals surface area (Å²) in [6.45, 7) is 10.9. The lowest BCUT2D eigenvalue weighted by molar-refractivity contribution is 0.00578. The molecule has 0 bridgehead atoms. The molecule has 1 aliphatic rings. The largest absolute Gasteiger partial charge is 0.498 e. The maximum Gasteiger partial charge on any atom is 0.498 e. The van der Waals surface area contributed by atoms with Crippen LogP contribution in [0.15, 0.2) is 36.7 Å². The summed E-state index contributed by atoms with van der Waals surface area (Å²) in [5.41, 5.74) is 2.55. The lowest BCUT2D eigenvalue weighted by Crippen LogP contribution is -2.41. The minimum absolute atomic E-state index is 0.361. The Morgan fingerprint density at radius 2 is 1.67 bits per heavy atom. The van der Waals surface area contributed by atoms with Gasteiger partial charge in [0.1, 0.15) is 0 Å². The van der Waals surface area contributed by atoms with Crippen molar-refractivity contribution in [2.75, 3.05) is 5.32 Å². The smallest absolute Gasteiger partial charge is 0.399 e. The molecular formula is C18H24BN3O2. The fourth-order valence-corrected chi connectivity index (χ4v) is 2.53. The molecule has 1 N–H and O–H groups in total. The average Bonchev–Trinajstić information content (AvgIpc) is 2.74. The van der Waals surface area contributed by atoms with Crippen LogP contribution in [0.2, 0.25) is 0 Å². The summed E-state index contributed by atoms with van der Waals surface area (Å²) in [6.07, 6.45) is 3.52. The van der Waals surface area contributed by atoms with Crippen molar-refractivity contribution in [3.05, 3.63) is 47.8 Å². The first-order valence-corrected chi connectivity index (χ1v) is 8.24. The van der Waals surface area contributed by atoms with Crippen molar-refractivity contribution in [2.45, 2.75) is 52.4 Å². The molecule has 1 fully saturated rings. The highest BCUT2D eigenvalue weighted by atomic mass is 16.7. The van der Waals surface area contributed by atoms with E-state index in [0.29, 0.717) is 12.5 Å². The third kappa shape index (κ3) is 3.44. The van der Waals surface area contributed by atoms with E-state index in [0.717, 1.165) is 5.46 Å². The summed E-state index contributed by atoms with van der Waals surface area (Å²) in [5, 5.41) is 3.23. The zero-order chi connectivity index (χ0) is 17.4. The normalized spacial score (nSPS) is 18.6. The van der Waals surface area contributed by atoms with Crippen LogP contribution in [-0.4, -0.2) is 28.3 Å². The Morgan fingerprint density at radius 1 is 1.04 bits per heavy atom. The lowest BCUT2D eigenvalue weighted by atomic mass is 9.81. The van der Waals surface area contributed by atoms with Crippen LogP contribution in [0, 0.1) is 6.92 Å². The lowest BCUT2D eigenvalue weighted by Gasteiger charge is -2.32. The Morgan fingerprint density at radius 3 is 2.25 bits per heavy atom. The van der Waals surface area contributed by atoms with E-state index in [9.17, 15) is 0 Å². The number of nitrogens with zero attached hydrogens (tertiary/aromatic N) is 2. The van der Waals surface area contributed by atoms with Crippen LogP contribution in [0.5, 0.6) is 0 Å². The second-order valence-corrected chi connectivity index (χ2v) is 7.27. The maximum absolute atomic E-state index is 6.01. The van der Waals surface area contributed by atoms with Crippen LogP contribution in [0.3, 0.4) is 0 Å². The van der Waals surface area contributed by atoms with Gasteiger partial charge >= 0.3 is 7.12 Å². The highest BCUT2D eigenvalue weighted by Gasteiger charge is 2.51. The third-order valence-electron chi connectivity index (χ3n) is 4.73. The van der Waals surface area contributed by atoms with Gasteiger partial charge in [0.05, 0.1) is 11.2 Å². The van der Waals surface area contributed by atoms with E-state index in [4.69, 9.17) is 9.31 Å². The summed E-state index contributed by atoms with van der Waals surface area (Å²) in [7, 11) is -0.430. The van der Waals surface area contributed by atoms with E-state index < -0.39 is 7.12 Å². The van der Waals surface area contributed by atoms with Crippen molar-refractivity contribution in [1.29, 1.82) is 0 Å². The number of benzene rings is 1. The highest BCUT2D eigenvalue weighted by molar-refractivity contribution is 6.61. The molecule has 0 aliphatic carbocycles. The van der Waals surface area contributed by atoms with E-state index in [2.05, 4.69) is 46.5 Å². The van der Waals surface area contributed by atoms with Crippen LogP contribution in [0.25, 0.3) is 0 Å². The molecule has 0 atom stereocenters. The van der Waals surface area contributed by atoms with Gasteiger partial charge in [-0.15, -0.1) is 0 Å². The van der Waals surface area contributed by atoms with E-state index >= 15 is 0 Å². The molecule has 5 nitrogen and oxygen atoms in total. The van der Waals surface area contributed by atoms with E-state index in [-0.39, 0.29) is 11.2 Å². The fraction of sp³-hybridized carbons (Fsp3) is 0.444. The standard InChI is InChI=1S/C18H24BN3O2/c1-13-7-6-8-14(9-13)10-20-16-21-11-15(12-22-16)19-23-17(2,3)18(4,5)24-19/h6-9,11-12H,10H2,1-5H3,(H,20,21,22). The maximum atomic E-state index is 6.01. The number of nitrogens with one attached hydrogen (secondary N) is 1. The van der Waals surface area contributed by atoms with E-state index in [1.54, 1.807) is 12.4 Å². The van der Waals surface area contributed by atoms with Crippen molar-refractivity contribution >= 4 is 18.5 Å². The molecule has 0 saturated carbocycles. The summed E-state index contributed by atoms with van der Waals surface area (Å²) >= 11 is 0. The molecule has 1 aromatic carbocycles. The number of hydrogen-bond acceptors (Lipinski definition) is 5. The van der Waals surface area contributed by atoms with E-state index in [1.165, 1.54) is 11.1 Å². The molecule has 0 unspecified atom stereocenters. The van der Waals surface area contributed by atoms with Gasteiger partial charge in [-0.25, -0.2) is 9.97 Å². The van der Waals surface area contributed by atoms with Gasteiger partial charge in [0.15, 0.2) is 0 Å². The number of anilines is 1. The number of aryl methyl sites for hydroxylation is 1. The minimum Gasteiger partial charge on any atom is -0.399 e. The van der Waals surface area contributed by atoms with Crippen LogP contribution < -0.4 is 10.8 Å². The Labute approximate surface area is 144 Å². The van der Waals surface area contributed by atoms with Crippen LogP contribution in [-0.2, 0) is 15.9 Å². The first-order valence-electron chi connectivity index (χ1n) is 8.24. The van der Waals surface area contributed by atoms with Gasteiger partial charge in [0.25, 0.3) is 0 Å². The first kappa shape index (κ1) is 16.9. The second kappa shape index (κ2) is 6.18. The average molecular weight is 325 g/mol. The number of aromatic nitrogens is 2. The molecule has 1 aliphatic heterocycles.